The Hall–Kier alpha value is -1.41. The summed E-state index contributed by atoms with van der Waals surface area (Å²) in [5.74, 6) is -0.262. The summed E-state index contributed by atoms with van der Waals surface area (Å²) >= 11 is 0. The van der Waals surface area contributed by atoms with Crippen molar-refractivity contribution < 1.29 is 14.3 Å². The maximum atomic E-state index is 13.2. The van der Waals surface area contributed by atoms with Gasteiger partial charge in [0.25, 0.3) is 0 Å². The van der Waals surface area contributed by atoms with Gasteiger partial charge in [-0.1, -0.05) is 69.6 Å². The number of rotatable bonds is 7. The summed E-state index contributed by atoms with van der Waals surface area (Å²) in [6.07, 6.45) is 0. The van der Waals surface area contributed by atoms with Gasteiger partial charge in [0, 0.05) is 5.54 Å². The van der Waals surface area contributed by atoms with Crippen molar-refractivity contribution in [2.45, 2.75) is 63.3 Å². The van der Waals surface area contributed by atoms with Crippen LogP contribution in [-0.4, -0.2) is 35.1 Å². The number of hydrogen-bond acceptors (Lipinski definition) is 3. The van der Waals surface area contributed by atoms with Crippen LogP contribution in [0.15, 0.2) is 30.3 Å². The zero-order chi connectivity index (χ0) is 19.4. The van der Waals surface area contributed by atoms with E-state index in [4.69, 9.17) is 4.74 Å². The van der Waals surface area contributed by atoms with Crippen LogP contribution in [0.5, 0.6) is 0 Å². The molecule has 0 aliphatic heterocycles. The molecule has 140 valence electrons. The van der Waals surface area contributed by atoms with E-state index < -0.39 is 16.1 Å². The van der Waals surface area contributed by atoms with Gasteiger partial charge in [-0.15, -0.1) is 0 Å². The summed E-state index contributed by atoms with van der Waals surface area (Å²) in [6.45, 7) is 14.8. The minimum Gasteiger partial charge on any atom is -0.469 e. The van der Waals surface area contributed by atoms with Gasteiger partial charge in [0.15, 0.2) is 0 Å². The second-order valence-corrected chi connectivity index (χ2v) is 19.6. The molecule has 0 radical (unpaired) electrons. The second-order valence-electron chi connectivity index (χ2n) is 8.85. The summed E-state index contributed by atoms with van der Waals surface area (Å²) < 4.78 is 5.09. The summed E-state index contributed by atoms with van der Waals surface area (Å²) in [4.78, 5) is 25.8. The molecule has 25 heavy (non-hydrogen) atoms. The molecular formula is C19H33NO3Si2. The third-order valence-corrected chi connectivity index (χ3v) is 9.83. The zero-order valence-electron chi connectivity index (χ0n) is 16.8. The molecule has 0 fully saturated rings. The van der Waals surface area contributed by atoms with Crippen LogP contribution in [0, 0.1) is 0 Å². The molecule has 1 N–H and O–H groups in total. The van der Waals surface area contributed by atoms with E-state index in [0.717, 1.165) is 5.56 Å². The van der Waals surface area contributed by atoms with Crippen LogP contribution < -0.4 is 5.32 Å². The van der Waals surface area contributed by atoms with Gasteiger partial charge in [0.2, 0.25) is 5.91 Å². The molecule has 4 nitrogen and oxygen atoms in total. The van der Waals surface area contributed by atoms with Gasteiger partial charge < -0.3 is 10.1 Å². The second kappa shape index (κ2) is 8.32. The maximum Gasteiger partial charge on any atom is 0.306 e. The van der Waals surface area contributed by atoms with Crippen molar-refractivity contribution in [2.75, 3.05) is 7.11 Å². The fourth-order valence-electron chi connectivity index (χ4n) is 3.29. The van der Waals surface area contributed by atoms with E-state index in [0.29, 0.717) is 0 Å². The third-order valence-electron chi connectivity index (χ3n) is 4.60. The highest BCUT2D eigenvalue weighted by molar-refractivity contribution is 6.87. The smallest absolute Gasteiger partial charge is 0.306 e. The topological polar surface area (TPSA) is 55.4 Å². The Bertz CT molecular complexity index is 591. The van der Waals surface area contributed by atoms with E-state index in [2.05, 4.69) is 44.6 Å². The minimum atomic E-state index is -1.95. The fraction of sp³-hybridized carbons (Fsp3) is 0.579. The van der Waals surface area contributed by atoms with Crippen LogP contribution in [-0.2, 0) is 14.3 Å². The summed E-state index contributed by atoms with van der Waals surface area (Å²) in [6, 6.07) is 9.81. The Labute approximate surface area is 154 Å². The third kappa shape index (κ3) is 5.81. The Morgan fingerprint density at radius 3 is 1.80 bits per heavy atom. The molecule has 0 spiro atoms. The van der Waals surface area contributed by atoms with E-state index in [1.807, 2.05) is 37.3 Å². The number of carbonyl (C=O) groups excluding carboxylic acids is 2. The predicted molar refractivity (Wildman–Crippen MR) is 109 cm³/mol. The van der Waals surface area contributed by atoms with E-state index in [1.54, 1.807) is 0 Å². The highest BCUT2D eigenvalue weighted by Crippen LogP contribution is 2.42. The maximum absolute atomic E-state index is 13.2. The molecule has 0 aliphatic rings. The average Bonchev–Trinajstić information content (AvgIpc) is 2.50. The van der Waals surface area contributed by atoms with Crippen LogP contribution in [0.25, 0.3) is 0 Å². The van der Waals surface area contributed by atoms with Gasteiger partial charge in [-0.25, -0.2) is 0 Å². The van der Waals surface area contributed by atoms with E-state index in [1.165, 1.54) is 7.11 Å². The minimum absolute atomic E-state index is 0.0201. The molecule has 0 aromatic heterocycles. The molecule has 1 aromatic carbocycles. The lowest BCUT2D eigenvalue weighted by Crippen LogP contribution is -2.51. The van der Waals surface area contributed by atoms with Crippen molar-refractivity contribution in [3.05, 3.63) is 35.9 Å². The number of esters is 1. The van der Waals surface area contributed by atoms with Crippen molar-refractivity contribution in [2.24, 2.45) is 0 Å². The first-order valence-electron chi connectivity index (χ1n) is 8.82. The van der Waals surface area contributed by atoms with Crippen molar-refractivity contribution in [3.63, 3.8) is 0 Å². The van der Waals surface area contributed by atoms with E-state index in [-0.39, 0.29) is 29.0 Å². The number of benzene rings is 1. The van der Waals surface area contributed by atoms with Gasteiger partial charge in [0.05, 0.1) is 34.8 Å². The van der Waals surface area contributed by atoms with Crippen LogP contribution >= 0.6 is 0 Å². The molecule has 0 heterocycles. The molecule has 3 atom stereocenters. The molecule has 6 heteroatoms. The first-order chi connectivity index (χ1) is 11.4. The van der Waals surface area contributed by atoms with Gasteiger partial charge in [-0.2, -0.15) is 0 Å². The monoisotopic (exact) mass is 379 g/mol. The lowest BCUT2D eigenvalue weighted by molar-refractivity contribution is -0.142. The van der Waals surface area contributed by atoms with Crippen LogP contribution in [0.3, 0.4) is 0 Å². The van der Waals surface area contributed by atoms with Gasteiger partial charge >= 0.3 is 5.97 Å². The van der Waals surface area contributed by atoms with Gasteiger partial charge in [0.1, 0.15) is 0 Å². The first-order valence-corrected chi connectivity index (χ1v) is 16.0. The lowest BCUT2D eigenvalue weighted by atomic mass is 10.1. The predicted octanol–water partition coefficient (Wildman–Crippen LogP) is 4.45. The molecular weight excluding hydrogens is 346 g/mol. The van der Waals surface area contributed by atoms with Crippen molar-refractivity contribution in [1.82, 2.24) is 5.32 Å². The highest BCUT2D eigenvalue weighted by atomic mass is 28.3. The van der Waals surface area contributed by atoms with E-state index >= 15 is 0 Å². The number of nitrogens with one attached hydrogen (secondary N) is 1. The quantitative estimate of drug-likeness (QED) is 0.562. The fourth-order valence-corrected chi connectivity index (χ4v) is 10.3. The number of hydrogen-bond donors (Lipinski definition) is 1. The summed E-state index contributed by atoms with van der Waals surface area (Å²) in [5, 5.41) is 3.14. The van der Waals surface area contributed by atoms with Crippen LogP contribution in [0.4, 0.5) is 0 Å². The average molecular weight is 380 g/mol. The highest BCUT2D eigenvalue weighted by Gasteiger charge is 2.49. The van der Waals surface area contributed by atoms with Crippen LogP contribution in [0.2, 0.25) is 50.4 Å². The number of ether oxygens (including phenoxy) is 1. The normalized spacial score (nSPS) is 15.8. The molecule has 0 bridgehead atoms. The lowest BCUT2D eigenvalue weighted by Gasteiger charge is -2.39. The summed E-state index contributed by atoms with van der Waals surface area (Å²) in [5.41, 5.74) is 0.442. The largest absolute Gasteiger partial charge is 0.469 e. The standard InChI is InChI=1S/C19H33NO3Si2/c1-14(15-12-10-9-11-13-15)20-18(21)16(24(3,4)5)17(19(22)23-2)25(6,7)8/h9-14,16-17H,1-8H3,(H,20,21)/t14-,16+,17+/m1/s1. The molecule has 1 rings (SSSR count). The number of amides is 1. The van der Waals surface area contributed by atoms with Crippen molar-refractivity contribution in [1.29, 1.82) is 0 Å². The van der Waals surface area contributed by atoms with Gasteiger partial charge in [-0.3, -0.25) is 9.59 Å². The van der Waals surface area contributed by atoms with Crippen molar-refractivity contribution >= 4 is 28.0 Å². The van der Waals surface area contributed by atoms with Crippen molar-refractivity contribution in [3.8, 4) is 0 Å². The Morgan fingerprint density at radius 1 is 0.920 bits per heavy atom. The number of carbonyl (C=O) groups is 2. The first kappa shape index (κ1) is 21.6. The Balaban J connectivity index is 3.17. The molecule has 0 saturated carbocycles. The molecule has 0 aliphatic carbocycles. The molecule has 1 amide bonds. The van der Waals surface area contributed by atoms with Crippen LogP contribution in [0.1, 0.15) is 18.5 Å². The Morgan fingerprint density at radius 2 is 1.40 bits per heavy atom. The molecule has 0 unspecified atom stereocenters. The number of methoxy groups -OCH3 is 1. The SMILES string of the molecule is COC(=O)[C@H]([C@@H](C(=O)N[C@H](C)c1ccccc1)[Si](C)(C)C)[Si](C)(C)C. The Kier molecular flexibility index (Phi) is 7.20. The van der Waals surface area contributed by atoms with Gasteiger partial charge in [-0.05, 0) is 12.5 Å². The molecule has 1 aromatic rings. The van der Waals surface area contributed by atoms with E-state index in [9.17, 15) is 9.59 Å². The summed E-state index contributed by atoms with van der Waals surface area (Å²) in [7, 11) is -2.47. The molecule has 0 saturated heterocycles. The zero-order valence-corrected chi connectivity index (χ0v) is 18.8.